The SMILES string of the molecule is CC1(C)OB(CC(CCCO[Si](C)(C)C(C)(C)C)c2ccccc2)OC1(C)C. The third-order valence-electron chi connectivity index (χ3n) is 7.02. The van der Waals surface area contributed by atoms with Crippen molar-refractivity contribution >= 4 is 15.4 Å². The number of hydrogen-bond donors (Lipinski definition) is 0. The van der Waals surface area contributed by atoms with E-state index >= 15 is 0 Å². The lowest BCUT2D eigenvalue weighted by Crippen LogP contribution is -2.41. The molecular formula is C23H41BO3Si. The first-order chi connectivity index (χ1) is 12.8. The van der Waals surface area contributed by atoms with E-state index in [0.29, 0.717) is 5.92 Å². The lowest BCUT2D eigenvalue weighted by Gasteiger charge is -2.36. The van der Waals surface area contributed by atoms with Gasteiger partial charge >= 0.3 is 7.12 Å². The van der Waals surface area contributed by atoms with Crippen molar-refractivity contribution in [3.63, 3.8) is 0 Å². The topological polar surface area (TPSA) is 27.7 Å². The standard InChI is InChI=1S/C23H41BO3Si/c1-21(2,3)28(8,9)25-17-13-16-20(19-14-11-10-12-15-19)18-24-26-22(4,5)23(6,7)27-24/h10-12,14-15,20H,13,16-18H2,1-9H3. The van der Waals surface area contributed by atoms with E-state index in [9.17, 15) is 0 Å². The number of hydrogen-bond acceptors (Lipinski definition) is 3. The van der Waals surface area contributed by atoms with E-state index in [1.165, 1.54) is 5.56 Å². The predicted molar refractivity (Wildman–Crippen MR) is 122 cm³/mol. The maximum Gasteiger partial charge on any atom is 0.458 e. The molecule has 5 heteroatoms. The fourth-order valence-corrected chi connectivity index (χ4v) is 4.40. The Morgan fingerprint density at radius 3 is 2.04 bits per heavy atom. The highest BCUT2D eigenvalue weighted by Gasteiger charge is 2.51. The summed E-state index contributed by atoms with van der Waals surface area (Å²) in [5.41, 5.74) is 0.818. The first kappa shape index (κ1) is 23.7. The van der Waals surface area contributed by atoms with Gasteiger partial charge in [0.05, 0.1) is 11.2 Å². The summed E-state index contributed by atoms with van der Waals surface area (Å²) in [5, 5.41) is 0.258. The first-order valence-electron chi connectivity index (χ1n) is 10.8. The molecule has 0 spiro atoms. The monoisotopic (exact) mass is 404 g/mol. The van der Waals surface area contributed by atoms with Gasteiger partial charge in [-0.2, -0.15) is 0 Å². The smallest absolute Gasteiger partial charge is 0.417 e. The third kappa shape index (κ3) is 5.72. The second-order valence-electron chi connectivity index (χ2n) is 10.8. The van der Waals surface area contributed by atoms with E-state index in [4.69, 9.17) is 13.7 Å². The molecular weight excluding hydrogens is 363 g/mol. The van der Waals surface area contributed by atoms with Crippen molar-refractivity contribution in [3.8, 4) is 0 Å². The molecule has 0 bridgehead atoms. The van der Waals surface area contributed by atoms with Gasteiger partial charge in [0.1, 0.15) is 0 Å². The van der Waals surface area contributed by atoms with Gasteiger partial charge in [0, 0.05) is 6.61 Å². The minimum absolute atomic E-state index is 0.156. The van der Waals surface area contributed by atoms with Crippen LogP contribution in [0.4, 0.5) is 0 Å². The van der Waals surface area contributed by atoms with Crippen LogP contribution < -0.4 is 0 Å². The van der Waals surface area contributed by atoms with Crippen molar-refractivity contribution in [3.05, 3.63) is 35.9 Å². The van der Waals surface area contributed by atoms with E-state index in [2.05, 4.69) is 91.9 Å². The molecule has 0 aromatic heterocycles. The van der Waals surface area contributed by atoms with Gasteiger partial charge in [0.25, 0.3) is 0 Å². The van der Waals surface area contributed by atoms with Gasteiger partial charge in [-0.1, -0.05) is 51.1 Å². The molecule has 2 rings (SSSR count). The molecule has 1 aliphatic heterocycles. The molecule has 1 aromatic carbocycles. The highest BCUT2D eigenvalue weighted by atomic mass is 28.4. The molecule has 1 aromatic rings. The van der Waals surface area contributed by atoms with Gasteiger partial charge in [-0.3, -0.25) is 0 Å². The molecule has 0 aliphatic carbocycles. The summed E-state index contributed by atoms with van der Waals surface area (Å²) in [5.74, 6) is 0.416. The minimum atomic E-state index is -1.68. The Kier molecular flexibility index (Phi) is 7.29. The Morgan fingerprint density at radius 2 is 1.54 bits per heavy atom. The average Bonchev–Trinajstić information content (AvgIpc) is 2.77. The van der Waals surface area contributed by atoms with Crippen LogP contribution in [0, 0.1) is 0 Å². The molecule has 158 valence electrons. The Balaban J connectivity index is 1.98. The maximum absolute atomic E-state index is 6.39. The highest BCUT2D eigenvalue weighted by molar-refractivity contribution is 6.74. The zero-order valence-electron chi connectivity index (χ0n) is 19.6. The molecule has 0 N–H and O–H groups in total. The molecule has 0 saturated carbocycles. The fourth-order valence-electron chi connectivity index (χ4n) is 3.31. The summed E-state index contributed by atoms with van der Waals surface area (Å²) >= 11 is 0. The molecule has 0 amide bonds. The summed E-state index contributed by atoms with van der Waals surface area (Å²) in [7, 11) is -1.84. The van der Waals surface area contributed by atoms with Crippen LogP contribution in [0.15, 0.2) is 30.3 Å². The molecule has 1 fully saturated rings. The van der Waals surface area contributed by atoms with Crippen molar-refractivity contribution in [2.24, 2.45) is 0 Å². The van der Waals surface area contributed by atoms with E-state index in [1.807, 2.05) is 0 Å². The third-order valence-corrected chi connectivity index (χ3v) is 11.6. The Hall–Kier alpha value is -0.618. The quantitative estimate of drug-likeness (QED) is 0.358. The summed E-state index contributed by atoms with van der Waals surface area (Å²) in [6.07, 6.45) is 3.03. The van der Waals surface area contributed by atoms with E-state index in [-0.39, 0.29) is 23.4 Å². The Bertz CT molecular complexity index is 606. The molecule has 1 saturated heterocycles. The predicted octanol–water partition coefficient (Wildman–Crippen LogP) is 6.66. The van der Waals surface area contributed by atoms with Crippen molar-refractivity contribution in [2.75, 3.05) is 6.61 Å². The highest BCUT2D eigenvalue weighted by Crippen LogP contribution is 2.41. The minimum Gasteiger partial charge on any atom is -0.417 e. The zero-order chi connectivity index (χ0) is 21.2. The molecule has 28 heavy (non-hydrogen) atoms. The van der Waals surface area contributed by atoms with Crippen molar-refractivity contribution < 1.29 is 13.7 Å². The molecule has 3 nitrogen and oxygen atoms in total. The summed E-state index contributed by atoms with van der Waals surface area (Å²) < 4.78 is 18.9. The normalized spacial score (nSPS) is 20.4. The van der Waals surface area contributed by atoms with Crippen LogP contribution in [0.5, 0.6) is 0 Å². The lowest BCUT2D eigenvalue weighted by atomic mass is 9.73. The van der Waals surface area contributed by atoms with E-state index in [0.717, 1.165) is 25.8 Å². The summed E-state index contributed by atoms with van der Waals surface area (Å²) in [6.45, 7) is 20.9. The average molecular weight is 404 g/mol. The lowest BCUT2D eigenvalue weighted by molar-refractivity contribution is 0.00578. The van der Waals surface area contributed by atoms with Gasteiger partial charge in [-0.25, -0.2) is 0 Å². The van der Waals surface area contributed by atoms with Crippen molar-refractivity contribution in [2.45, 2.75) is 103 Å². The molecule has 1 atom stereocenters. The van der Waals surface area contributed by atoms with Crippen molar-refractivity contribution in [1.29, 1.82) is 0 Å². The van der Waals surface area contributed by atoms with Crippen LogP contribution >= 0.6 is 0 Å². The Labute approximate surface area is 174 Å². The van der Waals surface area contributed by atoms with Crippen LogP contribution in [0.2, 0.25) is 24.5 Å². The fraction of sp³-hybridized carbons (Fsp3) is 0.739. The van der Waals surface area contributed by atoms with Crippen LogP contribution in [-0.4, -0.2) is 33.2 Å². The molecule has 1 unspecified atom stereocenters. The second-order valence-corrected chi connectivity index (χ2v) is 15.6. The summed E-state index contributed by atoms with van der Waals surface area (Å²) in [4.78, 5) is 0. The van der Waals surface area contributed by atoms with Gasteiger partial charge in [0.2, 0.25) is 0 Å². The molecule has 1 heterocycles. The van der Waals surface area contributed by atoms with Crippen LogP contribution in [-0.2, 0) is 13.7 Å². The van der Waals surface area contributed by atoms with Gasteiger partial charge in [0.15, 0.2) is 8.32 Å². The number of benzene rings is 1. The van der Waals surface area contributed by atoms with E-state index < -0.39 is 8.32 Å². The first-order valence-corrected chi connectivity index (χ1v) is 13.7. The maximum atomic E-state index is 6.39. The Morgan fingerprint density at radius 1 is 1.00 bits per heavy atom. The van der Waals surface area contributed by atoms with Crippen molar-refractivity contribution in [1.82, 2.24) is 0 Å². The van der Waals surface area contributed by atoms with Crippen LogP contribution in [0.3, 0.4) is 0 Å². The van der Waals surface area contributed by atoms with Gasteiger partial charge in [-0.05, 0) is 76.5 Å². The second kappa shape index (κ2) is 8.63. The molecule has 1 aliphatic rings. The summed E-state index contributed by atoms with van der Waals surface area (Å²) in [6, 6.07) is 10.8. The number of rotatable bonds is 8. The van der Waals surface area contributed by atoms with Crippen LogP contribution in [0.1, 0.15) is 72.8 Å². The van der Waals surface area contributed by atoms with Crippen LogP contribution in [0.25, 0.3) is 0 Å². The zero-order valence-corrected chi connectivity index (χ0v) is 20.6. The van der Waals surface area contributed by atoms with Gasteiger partial charge in [-0.15, -0.1) is 0 Å². The van der Waals surface area contributed by atoms with Gasteiger partial charge < -0.3 is 13.7 Å². The largest absolute Gasteiger partial charge is 0.458 e. The molecule has 0 radical (unpaired) electrons. The van der Waals surface area contributed by atoms with E-state index in [1.54, 1.807) is 0 Å².